The molecule has 0 spiro atoms. The molecule has 0 fully saturated rings. The van der Waals surface area contributed by atoms with Gasteiger partial charge in [0.25, 0.3) is 5.69 Å². The van der Waals surface area contributed by atoms with Crippen molar-refractivity contribution in [3.8, 4) is 0 Å². The summed E-state index contributed by atoms with van der Waals surface area (Å²) in [5, 5.41) is 20.6. The van der Waals surface area contributed by atoms with Crippen LogP contribution in [0.3, 0.4) is 0 Å². The van der Waals surface area contributed by atoms with Crippen molar-refractivity contribution in [1.82, 2.24) is 4.31 Å². The zero-order chi connectivity index (χ0) is 15.7. The van der Waals surface area contributed by atoms with Crippen LogP contribution in [0.5, 0.6) is 0 Å². The average Bonchev–Trinajstić information content (AvgIpc) is 2.25. The van der Waals surface area contributed by atoms with Gasteiger partial charge < -0.3 is 5.11 Å². The van der Waals surface area contributed by atoms with E-state index in [-0.39, 0.29) is 6.54 Å². The minimum atomic E-state index is -4.07. The number of hydrogen-bond acceptors (Lipinski definition) is 5. The van der Waals surface area contributed by atoms with Gasteiger partial charge in [-0.15, -0.1) is 0 Å². The highest BCUT2D eigenvalue weighted by molar-refractivity contribution is 9.10. The molecular weight excluding hydrogens is 352 g/mol. The Balaban J connectivity index is 3.35. The summed E-state index contributed by atoms with van der Waals surface area (Å²) in [6.07, 6.45) is 0. The number of nitro groups is 1. The Kier molecular flexibility index (Phi) is 4.90. The molecule has 0 bridgehead atoms. The van der Waals surface area contributed by atoms with Crippen LogP contribution in [0.4, 0.5) is 5.69 Å². The highest BCUT2D eigenvalue weighted by Crippen LogP contribution is 2.29. The van der Waals surface area contributed by atoms with Gasteiger partial charge in [0.15, 0.2) is 4.90 Å². The quantitative estimate of drug-likeness (QED) is 0.631. The van der Waals surface area contributed by atoms with E-state index in [4.69, 9.17) is 0 Å². The van der Waals surface area contributed by atoms with Crippen molar-refractivity contribution in [2.75, 3.05) is 13.6 Å². The molecule has 20 heavy (non-hydrogen) atoms. The summed E-state index contributed by atoms with van der Waals surface area (Å²) in [5.41, 5.74) is -1.75. The van der Waals surface area contributed by atoms with Gasteiger partial charge in [-0.05, 0) is 26.0 Å². The van der Waals surface area contributed by atoms with E-state index in [1.165, 1.54) is 33.0 Å². The predicted molar refractivity (Wildman–Crippen MR) is 76.9 cm³/mol. The number of likely N-dealkylation sites (N-methyl/N-ethyl adjacent to an activating group) is 1. The van der Waals surface area contributed by atoms with Gasteiger partial charge >= 0.3 is 0 Å². The van der Waals surface area contributed by atoms with Gasteiger partial charge in [-0.1, -0.05) is 15.9 Å². The standard InChI is InChI=1S/C11H15BrN2O5S/c1-11(2,15)7-13(3)20(18,19)10-6-8(12)4-5-9(10)14(16)17/h4-6,15H,7H2,1-3H3. The Morgan fingerprint density at radius 2 is 2.00 bits per heavy atom. The molecule has 0 saturated heterocycles. The van der Waals surface area contributed by atoms with E-state index in [1.54, 1.807) is 0 Å². The topological polar surface area (TPSA) is 101 Å². The van der Waals surface area contributed by atoms with Crippen molar-refractivity contribution in [2.24, 2.45) is 0 Å². The second kappa shape index (κ2) is 5.76. The van der Waals surface area contributed by atoms with Crippen LogP contribution in [0, 0.1) is 10.1 Å². The number of halogens is 1. The average molecular weight is 367 g/mol. The predicted octanol–water partition coefficient (Wildman–Crippen LogP) is 1.75. The summed E-state index contributed by atoms with van der Waals surface area (Å²) in [6, 6.07) is 3.69. The van der Waals surface area contributed by atoms with Gasteiger partial charge in [0.05, 0.1) is 10.5 Å². The number of benzene rings is 1. The molecule has 1 aromatic rings. The fourth-order valence-electron chi connectivity index (χ4n) is 1.64. The molecule has 112 valence electrons. The number of sulfonamides is 1. The van der Waals surface area contributed by atoms with Crippen molar-refractivity contribution < 1.29 is 18.4 Å². The maximum atomic E-state index is 12.4. The number of nitro benzene ring substituents is 1. The lowest BCUT2D eigenvalue weighted by molar-refractivity contribution is -0.387. The molecule has 0 radical (unpaired) electrons. The molecule has 1 aromatic carbocycles. The molecule has 0 aliphatic carbocycles. The van der Waals surface area contributed by atoms with Gasteiger partial charge in [0, 0.05) is 24.1 Å². The summed E-state index contributed by atoms with van der Waals surface area (Å²) >= 11 is 3.09. The summed E-state index contributed by atoms with van der Waals surface area (Å²) in [4.78, 5) is 9.78. The largest absolute Gasteiger partial charge is 0.389 e. The lowest BCUT2D eigenvalue weighted by Crippen LogP contribution is -2.39. The van der Waals surface area contributed by atoms with E-state index < -0.39 is 31.1 Å². The van der Waals surface area contributed by atoms with Crippen LogP contribution in [0.15, 0.2) is 27.6 Å². The highest BCUT2D eigenvalue weighted by Gasteiger charge is 2.32. The smallest absolute Gasteiger partial charge is 0.289 e. The summed E-state index contributed by atoms with van der Waals surface area (Å²) < 4.78 is 26.1. The highest BCUT2D eigenvalue weighted by atomic mass is 79.9. The van der Waals surface area contributed by atoms with Crippen molar-refractivity contribution in [1.29, 1.82) is 0 Å². The van der Waals surface area contributed by atoms with E-state index in [9.17, 15) is 23.6 Å². The zero-order valence-electron chi connectivity index (χ0n) is 11.2. The first kappa shape index (κ1) is 17.0. The molecule has 1 N–H and O–H groups in total. The molecule has 0 aliphatic rings. The minimum absolute atomic E-state index is 0.182. The summed E-state index contributed by atoms with van der Waals surface area (Å²) in [7, 11) is -2.81. The minimum Gasteiger partial charge on any atom is -0.389 e. The van der Waals surface area contributed by atoms with Crippen molar-refractivity contribution in [2.45, 2.75) is 24.3 Å². The molecule has 0 saturated carbocycles. The maximum Gasteiger partial charge on any atom is 0.289 e. The SMILES string of the molecule is CN(CC(C)(C)O)S(=O)(=O)c1cc(Br)ccc1[N+](=O)[O-]. The van der Waals surface area contributed by atoms with Crippen LogP contribution < -0.4 is 0 Å². The van der Waals surface area contributed by atoms with E-state index in [0.29, 0.717) is 4.47 Å². The number of hydrogen-bond donors (Lipinski definition) is 1. The number of rotatable bonds is 5. The van der Waals surface area contributed by atoms with E-state index in [1.807, 2.05) is 0 Å². The Labute approximate surface area is 125 Å². The van der Waals surface area contributed by atoms with Crippen LogP contribution in [0.25, 0.3) is 0 Å². The zero-order valence-corrected chi connectivity index (χ0v) is 13.6. The van der Waals surface area contributed by atoms with Crippen LogP contribution >= 0.6 is 15.9 Å². The van der Waals surface area contributed by atoms with E-state index in [0.717, 1.165) is 10.4 Å². The Morgan fingerprint density at radius 1 is 1.45 bits per heavy atom. The first-order valence-electron chi connectivity index (χ1n) is 5.58. The molecule has 0 aliphatic heterocycles. The Morgan fingerprint density at radius 3 is 2.45 bits per heavy atom. The van der Waals surface area contributed by atoms with Crippen molar-refractivity contribution in [3.05, 3.63) is 32.8 Å². The second-order valence-electron chi connectivity index (χ2n) is 4.94. The lowest BCUT2D eigenvalue weighted by atomic mass is 10.1. The van der Waals surface area contributed by atoms with E-state index >= 15 is 0 Å². The fourth-order valence-corrected chi connectivity index (χ4v) is 3.66. The normalized spacial score (nSPS) is 12.7. The number of aliphatic hydroxyl groups is 1. The monoisotopic (exact) mass is 366 g/mol. The van der Waals surface area contributed by atoms with E-state index in [2.05, 4.69) is 15.9 Å². The van der Waals surface area contributed by atoms with Crippen molar-refractivity contribution >= 4 is 31.6 Å². The third-order valence-electron chi connectivity index (χ3n) is 2.42. The molecule has 0 aromatic heterocycles. The van der Waals surface area contributed by atoms with Crippen LogP contribution in [-0.2, 0) is 10.0 Å². The molecule has 7 nitrogen and oxygen atoms in total. The third-order valence-corrected chi connectivity index (χ3v) is 4.74. The summed E-state index contributed by atoms with van der Waals surface area (Å²) in [5.74, 6) is 0. The second-order valence-corrected chi connectivity index (χ2v) is 7.87. The molecular formula is C11H15BrN2O5S. The molecule has 0 atom stereocenters. The van der Waals surface area contributed by atoms with Gasteiger partial charge in [-0.3, -0.25) is 10.1 Å². The first-order chi connectivity index (χ1) is 8.95. The summed E-state index contributed by atoms with van der Waals surface area (Å²) in [6.45, 7) is 2.72. The first-order valence-corrected chi connectivity index (χ1v) is 7.81. The molecule has 0 unspecified atom stereocenters. The van der Waals surface area contributed by atoms with Crippen LogP contribution in [0.2, 0.25) is 0 Å². The molecule has 9 heteroatoms. The van der Waals surface area contributed by atoms with Gasteiger partial charge in [0.2, 0.25) is 10.0 Å². The Bertz CT molecular complexity index is 624. The van der Waals surface area contributed by atoms with Gasteiger partial charge in [0.1, 0.15) is 0 Å². The third kappa shape index (κ3) is 3.98. The van der Waals surface area contributed by atoms with Crippen LogP contribution in [0.1, 0.15) is 13.8 Å². The fraction of sp³-hybridized carbons (Fsp3) is 0.455. The molecule has 0 heterocycles. The Hall–Kier alpha value is -1.03. The maximum absolute atomic E-state index is 12.4. The molecule has 1 rings (SSSR count). The van der Waals surface area contributed by atoms with Gasteiger partial charge in [-0.25, -0.2) is 8.42 Å². The molecule has 0 amide bonds. The van der Waals surface area contributed by atoms with Crippen molar-refractivity contribution in [3.63, 3.8) is 0 Å². The lowest BCUT2D eigenvalue weighted by Gasteiger charge is -2.24. The van der Waals surface area contributed by atoms with Gasteiger partial charge in [-0.2, -0.15) is 4.31 Å². The number of nitrogens with zero attached hydrogens (tertiary/aromatic N) is 2. The van der Waals surface area contributed by atoms with Crippen LogP contribution in [-0.4, -0.2) is 41.9 Å².